The van der Waals surface area contributed by atoms with E-state index in [-0.39, 0.29) is 0 Å². The van der Waals surface area contributed by atoms with Crippen molar-refractivity contribution in [2.75, 3.05) is 39.8 Å². The van der Waals surface area contributed by atoms with Gasteiger partial charge in [-0.2, -0.15) is 4.89 Å². The van der Waals surface area contributed by atoms with Crippen LogP contribution in [0.25, 0.3) is 0 Å². The average molecular weight is 473 g/mol. The molecule has 0 amide bonds. The maximum Gasteiger partial charge on any atom is 0.171 e. The van der Waals surface area contributed by atoms with E-state index in [0.29, 0.717) is 18.4 Å². The van der Waals surface area contributed by atoms with Crippen molar-refractivity contribution < 1.29 is 14.9 Å². The molecule has 2 fully saturated rings. The molecular formula is C29H48N2O3. The first kappa shape index (κ1) is 25.9. The van der Waals surface area contributed by atoms with Crippen LogP contribution in [0.1, 0.15) is 88.7 Å². The van der Waals surface area contributed by atoms with Crippen LogP contribution < -0.4 is 4.89 Å². The van der Waals surface area contributed by atoms with Gasteiger partial charge in [0.1, 0.15) is 6.61 Å². The summed E-state index contributed by atoms with van der Waals surface area (Å²) in [6.07, 6.45) is 15.4. The van der Waals surface area contributed by atoms with Crippen LogP contribution in [0.4, 0.5) is 0 Å². The number of nitrogens with zero attached hydrogens (tertiary/aromatic N) is 2. The predicted molar refractivity (Wildman–Crippen MR) is 138 cm³/mol. The first-order chi connectivity index (χ1) is 16.5. The highest BCUT2D eigenvalue weighted by Crippen LogP contribution is 2.36. The third-order valence-electron chi connectivity index (χ3n) is 8.51. The molecule has 2 aliphatic heterocycles. The monoisotopic (exact) mass is 472 g/mol. The minimum atomic E-state index is -0.622. The second kappa shape index (κ2) is 12.7. The largest absolute Gasteiger partial charge is 0.388 e. The molecule has 5 nitrogen and oxygen atoms in total. The van der Waals surface area contributed by atoms with Gasteiger partial charge in [0.2, 0.25) is 0 Å². The van der Waals surface area contributed by atoms with Crippen LogP contribution in [0.15, 0.2) is 18.2 Å². The van der Waals surface area contributed by atoms with Crippen LogP contribution in [0, 0.1) is 11.8 Å². The molecule has 0 bridgehead atoms. The third kappa shape index (κ3) is 7.43. The topological polar surface area (TPSA) is 45.2 Å². The number of aliphatic hydroxyl groups is 1. The number of unbranched alkanes of at least 4 members (excludes halogenated alkanes) is 1. The lowest BCUT2D eigenvalue weighted by molar-refractivity contribution is -0.194. The fraction of sp³-hybridized carbons (Fsp3) is 0.793. The van der Waals surface area contributed by atoms with Gasteiger partial charge in [0.15, 0.2) is 5.75 Å². The highest BCUT2D eigenvalue weighted by atomic mass is 17.2. The molecule has 1 saturated heterocycles. The lowest BCUT2D eigenvalue weighted by Crippen LogP contribution is -2.51. The smallest absolute Gasteiger partial charge is 0.171 e. The number of likely N-dealkylation sites (N-methyl/N-ethyl adjacent to an activating group) is 1. The fourth-order valence-electron chi connectivity index (χ4n) is 6.57. The Morgan fingerprint density at radius 1 is 1.00 bits per heavy atom. The van der Waals surface area contributed by atoms with Crippen molar-refractivity contribution in [2.24, 2.45) is 11.8 Å². The lowest BCUT2D eigenvalue weighted by Gasteiger charge is -2.42. The molecule has 1 N–H and O–H groups in total. The zero-order chi connectivity index (χ0) is 23.8. The summed E-state index contributed by atoms with van der Waals surface area (Å²) >= 11 is 0. The van der Waals surface area contributed by atoms with E-state index in [4.69, 9.17) is 9.78 Å². The second-order valence-electron chi connectivity index (χ2n) is 11.6. The molecule has 5 heteroatoms. The number of hydrogen-bond acceptors (Lipinski definition) is 5. The molecule has 0 aromatic heterocycles. The maximum atomic E-state index is 11.7. The Hall–Kier alpha value is -1.14. The van der Waals surface area contributed by atoms with Gasteiger partial charge >= 0.3 is 0 Å². The van der Waals surface area contributed by atoms with Gasteiger partial charge in [-0.1, -0.05) is 63.5 Å². The normalized spacial score (nSPS) is 28.6. The Labute approximate surface area is 207 Å². The van der Waals surface area contributed by atoms with Crippen molar-refractivity contribution in [3.63, 3.8) is 0 Å². The fourth-order valence-corrected chi connectivity index (χ4v) is 6.57. The van der Waals surface area contributed by atoms with Gasteiger partial charge in [-0.05, 0) is 76.8 Å². The second-order valence-corrected chi connectivity index (χ2v) is 11.6. The zero-order valence-corrected chi connectivity index (χ0v) is 21.8. The van der Waals surface area contributed by atoms with E-state index >= 15 is 0 Å². The number of aryl methyl sites for hydroxylation is 1. The molecule has 1 aliphatic carbocycles. The quantitative estimate of drug-likeness (QED) is 0.432. The van der Waals surface area contributed by atoms with E-state index in [1.165, 1.54) is 76.2 Å². The molecule has 0 radical (unpaired) electrons. The molecule has 1 aromatic carbocycles. The van der Waals surface area contributed by atoms with Gasteiger partial charge in [0.25, 0.3) is 0 Å². The lowest BCUT2D eigenvalue weighted by atomic mass is 9.74. The molecule has 2 heterocycles. The first-order valence-electron chi connectivity index (χ1n) is 14.1. The van der Waals surface area contributed by atoms with Crippen LogP contribution in [0.5, 0.6) is 5.75 Å². The molecule has 34 heavy (non-hydrogen) atoms. The summed E-state index contributed by atoms with van der Waals surface area (Å²) in [5.74, 6) is 1.90. The average Bonchev–Trinajstić information content (AvgIpc) is 3.32. The van der Waals surface area contributed by atoms with Gasteiger partial charge in [-0.15, -0.1) is 0 Å². The van der Waals surface area contributed by atoms with E-state index in [1.807, 2.05) is 0 Å². The summed E-state index contributed by atoms with van der Waals surface area (Å²) < 4.78 is 0. The van der Waals surface area contributed by atoms with Gasteiger partial charge < -0.3 is 19.8 Å². The number of rotatable bonds is 6. The molecular weight excluding hydrogens is 424 g/mol. The van der Waals surface area contributed by atoms with E-state index in [0.717, 1.165) is 50.5 Å². The van der Waals surface area contributed by atoms with Gasteiger partial charge in [0, 0.05) is 24.6 Å². The summed E-state index contributed by atoms with van der Waals surface area (Å²) in [7, 11) is 2.19. The number of β-amino-alcohol motifs (C(OH)–C–C–N with tert-alkyl or cyclic N) is 1. The molecule has 4 rings (SSSR count). The molecule has 0 spiro atoms. The first-order valence-corrected chi connectivity index (χ1v) is 14.1. The van der Waals surface area contributed by atoms with E-state index in [1.54, 1.807) is 0 Å². The number of fused-ring (bicyclic) bond motifs is 1. The standard InChI is InChI=1S/C29H48N2O3/c1-29(32)23-30(2)17-11-19-31(21-27(29)25-13-7-5-3-4-6-8-14-25)18-10-9-12-24-15-16-26-22-33-34-28(26)20-24/h15-16,20,25,27,32H,3-14,17-19,21-23H2,1-2H3. The SMILES string of the molecule is CN1CCCN(CCCCc2ccc3c(c2)OOC3)CC(C2CCCCCCCC2)C(C)(O)C1. The van der Waals surface area contributed by atoms with Crippen molar-refractivity contribution in [2.45, 2.75) is 96.2 Å². The molecule has 192 valence electrons. The van der Waals surface area contributed by atoms with Crippen LogP contribution in [-0.2, 0) is 17.9 Å². The van der Waals surface area contributed by atoms with E-state index in [2.05, 4.69) is 42.0 Å². The minimum Gasteiger partial charge on any atom is -0.388 e. The van der Waals surface area contributed by atoms with E-state index in [9.17, 15) is 5.11 Å². The van der Waals surface area contributed by atoms with Gasteiger partial charge in [0.05, 0.1) is 5.60 Å². The van der Waals surface area contributed by atoms with Crippen LogP contribution in [0.2, 0.25) is 0 Å². The highest BCUT2D eigenvalue weighted by molar-refractivity contribution is 5.38. The summed E-state index contributed by atoms with van der Waals surface area (Å²) in [5, 5.41) is 11.7. The Morgan fingerprint density at radius 3 is 2.56 bits per heavy atom. The molecule has 2 unspecified atom stereocenters. The van der Waals surface area contributed by atoms with Gasteiger partial charge in [-0.3, -0.25) is 0 Å². The summed E-state index contributed by atoms with van der Waals surface area (Å²) in [6.45, 7) is 7.89. The Bertz CT molecular complexity index is 743. The predicted octanol–water partition coefficient (Wildman–Crippen LogP) is 5.59. The Balaban J connectivity index is 1.36. The van der Waals surface area contributed by atoms with Crippen LogP contribution in [0.3, 0.4) is 0 Å². The van der Waals surface area contributed by atoms with Gasteiger partial charge in [-0.25, -0.2) is 0 Å². The van der Waals surface area contributed by atoms with E-state index < -0.39 is 5.60 Å². The van der Waals surface area contributed by atoms with Crippen LogP contribution in [-0.4, -0.2) is 60.3 Å². The van der Waals surface area contributed by atoms with Crippen molar-refractivity contribution in [1.82, 2.24) is 9.80 Å². The third-order valence-corrected chi connectivity index (χ3v) is 8.51. The van der Waals surface area contributed by atoms with Crippen LogP contribution >= 0.6 is 0 Å². The van der Waals surface area contributed by atoms with Crippen molar-refractivity contribution in [3.8, 4) is 5.75 Å². The summed E-state index contributed by atoms with van der Waals surface area (Å²) in [4.78, 5) is 15.4. The Kier molecular flexibility index (Phi) is 9.70. The van der Waals surface area contributed by atoms with Crippen molar-refractivity contribution >= 4 is 0 Å². The molecule has 1 saturated carbocycles. The number of hydrogen-bond donors (Lipinski definition) is 1. The number of benzene rings is 1. The Morgan fingerprint density at radius 2 is 1.76 bits per heavy atom. The maximum absolute atomic E-state index is 11.7. The van der Waals surface area contributed by atoms with Crippen molar-refractivity contribution in [1.29, 1.82) is 0 Å². The zero-order valence-electron chi connectivity index (χ0n) is 21.8. The summed E-state index contributed by atoms with van der Waals surface area (Å²) in [6, 6.07) is 6.50. The minimum absolute atomic E-state index is 0.361. The molecule has 3 aliphatic rings. The molecule has 1 aromatic rings. The molecule has 2 atom stereocenters. The highest BCUT2D eigenvalue weighted by Gasteiger charge is 2.39. The van der Waals surface area contributed by atoms with Crippen molar-refractivity contribution in [3.05, 3.63) is 29.3 Å². The summed E-state index contributed by atoms with van der Waals surface area (Å²) in [5.41, 5.74) is 1.86.